The van der Waals surface area contributed by atoms with E-state index in [1.807, 2.05) is 43.3 Å². The van der Waals surface area contributed by atoms with Gasteiger partial charge in [-0.05, 0) is 36.8 Å². The maximum atomic E-state index is 5.93. The molecule has 0 saturated heterocycles. The smallest absolute Gasteiger partial charge is 0.167 e. The molecule has 18 heavy (non-hydrogen) atoms. The minimum Gasteiger partial charge on any atom is -0.398 e. The Morgan fingerprint density at radius 2 is 2.00 bits per heavy atom. The average molecular weight is 303 g/mol. The monoisotopic (exact) mass is 302 g/mol. The van der Waals surface area contributed by atoms with Crippen LogP contribution in [-0.2, 0) is 0 Å². The van der Waals surface area contributed by atoms with E-state index < -0.39 is 0 Å². The zero-order valence-electron chi connectivity index (χ0n) is 9.77. The van der Waals surface area contributed by atoms with Crippen molar-refractivity contribution in [1.82, 2.24) is 5.16 Å². The number of nitrogens with two attached hydrogens (primary N) is 1. The van der Waals surface area contributed by atoms with Crippen LogP contribution >= 0.6 is 15.9 Å². The van der Waals surface area contributed by atoms with E-state index >= 15 is 0 Å². The topological polar surface area (TPSA) is 52.0 Å². The van der Waals surface area contributed by atoms with Crippen LogP contribution in [0.25, 0.3) is 22.2 Å². The highest BCUT2D eigenvalue weighted by Gasteiger charge is 2.11. The van der Waals surface area contributed by atoms with Crippen molar-refractivity contribution in [3.63, 3.8) is 0 Å². The van der Waals surface area contributed by atoms with E-state index in [-0.39, 0.29) is 0 Å². The number of aromatic nitrogens is 1. The summed E-state index contributed by atoms with van der Waals surface area (Å²) >= 11 is 3.46. The quantitative estimate of drug-likeness (QED) is 0.687. The molecule has 0 aliphatic heterocycles. The number of aryl methyl sites for hydroxylation is 1. The van der Waals surface area contributed by atoms with E-state index in [2.05, 4.69) is 21.1 Å². The van der Waals surface area contributed by atoms with Crippen molar-refractivity contribution in [3.8, 4) is 11.3 Å². The predicted octanol–water partition coefficient (Wildman–Crippen LogP) is 4.15. The Hall–Kier alpha value is -1.81. The maximum absolute atomic E-state index is 5.93. The van der Waals surface area contributed by atoms with Gasteiger partial charge in [-0.15, -0.1) is 0 Å². The molecule has 0 spiro atoms. The van der Waals surface area contributed by atoms with Gasteiger partial charge in [0.05, 0.1) is 5.39 Å². The molecule has 0 aliphatic rings. The van der Waals surface area contributed by atoms with Gasteiger partial charge in [0.25, 0.3) is 0 Å². The average Bonchev–Trinajstić information content (AvgIpc) is 2.75. The van der Waals surface area contributed by atoms with Crippen LogP contribution in [-0.4, -0.2) is 5.16 Å². The number of anilines is 1. The summed E-state index contributed by atoms with van der Waals surface area (Å²) in [4.78, 5) is 0. The fourth-order valence-electron chi connectivity index (χ4n) is 1.91. The molecule has 0 bridgehead atoms. The molecular formula is C14H11BrN2O. The van der Waals surface area contributed by atoms with Crippen LogP contribution < -0.4 is 5.73 Å². The van der Waals surface area contributed by atoms with Gasteiger partial charge in [0.1, 0.15) is 5.69 Å². The normalized spacial score (nSPS) is 11.0. The van der Waals surface area contributed by atoms with Crippen LogP contribution in [0.1, 0.15) is 5.56 Å². The Bertz CT molecular complexity index is 734. The molecule has 1 aromatic heterocycles. The summed E-state index contributed by atoms with van der Waals surface area (Å²) in [6, 6.07) is 11.7. The molecule has 0 radical (unpaired) electrons. The van der Waals surface area contributed by atoms with Crippen LogP contribution in [0.3, 0.4) is 0 Å². The zero-order chi connectivity index (χ0) is 12.7. The van der Waals surface area contributed by atoms with Crippen molar-refractivity contribution < 1.29 is 4.52 Å². The summed E-state index contributed by atoms with van der Waals surface area (Å²) in [6.07, 6.45) is 0. The lowest BCUT2D eigenvalue weighted by Gasteiger charge is -2.02. The zero-order valence-corrected chi connectivity index (χ0v) is 11.4. The third-order valence-corrected chi connectivity index (χ3v) is 3.48. The van der Waals surface area contributed by atoms with Gasteiger partial charge < -0.3 is 10.3 Å². The molecule has 2 N–H and O–H groups in total. The standard InChI is InChI=1S/C14H11BrN2O/c1-8-2-3-9(6-12(8)16)14-11-7-10(15)4-5-13(11)18-17-14/h2-7H,16H2,1H3. The molecule has 0 saturated carbocycles. The SMILES string of the molecule is Cc1ccc(-c2noc3ccc(Br)cc23)cc1N. The van der Waals surface area contributed by atoms with Crippen LogP contribution in [0, 0.1) is 6.92 Å². The van der Waals surface area contributed by atoms with Gasteiger partial charge >= 0.3 is 0 Å². The maximum Gasteiger partial charge on any atom is 0.167 e. The van der Waals surface area contributed by atoms with Gasteiger partial charge in [-0.3, -0.25) is 0 Å². The number of nitrogens with zero attached hydrogens (tertiary/aromatic N) is 1. The van der Waals surface area contributed by atoms with Gasteiger partial charge in [-0.2, -0.15) is 0 Å². The Morgan fingerprint density at radius 3 is 2.78 bits per heavy atom. The lowest BCUT2D eigenvalue weighted by Crippen LogP contribution is -1.90. The van der Waals surface area contributed by atoms with Crippen molar-refractivity contribution in [2.45, 2.75) is 6.92 Å². The highest BCUT2D eigenvalue weighted by atomic mass is 79.9. The molecule has 3 rings (SSSR count). The first-order chi connectivity index (χ1) is 8.65. The Balaban J connectivity index is 2.24. The number of hydrogen-bond acceptors (Lipinski definition) is 3. The third kappa shape index (κ3) is 1.78. The first-order valence-electron chi connectivity index (χ1n) is 5.56. The number of nitrogen functional groups attached to an aromatic ring is 1. The summed E-state index contributed by atoms with van der Waals surface area (Å²) < 4.78 is 6.32. The number of fused-ring (bicyclic) bond motifs is 1. The molecule has 0 fully saturated rings. The van der Waals surface area contributed by atoms with Crippen LogP contribution in [0.2, 0.25) is 0 Å². The lowest BCUT2D eigenvalue weighted by molar-refractivity contribution is 0.459. The van der Waals surface area contributed by atoms with E-state index in [9.17, 15) is 0 Å². The number of benzene rings is 2. The van der Waals surface area contributed by atoms with Crippen molar-refractivity contribution in [1.29, 1.82) is 0 Å². The molecule has 2 aromatic carbocycles. The summed E-state index contributed by atoms with van der Waals surface area (Å²) in [6.45, 7) is 1.98. The van der Waals surface area contributed by atoms with Gasteiger partial charge in [0.2, 0.25) is 0 Å². The highest BCUT2D eigenvalue weighted by molar-refractivity contribution is 9.10. The van der Waals surface area contributed by atoms with E-state index in [0.717, 1.165) is 38.0 Å². The van der Waals surface area contributed by atoms with Gasteiger partial charge in [0.15, 0.2) is 5.58 Å². The Morgan fingerprint density at radius 1 is 1.17 bits per heavy atom. The molecule has 0 amide bonds. The van der Waals surface area contributed by atoms with E-state index in [0.29, 0.717) is 0 Å². The van der Waals surface area contributed by atoms with Crippen LogP contribution in [0.15, 0.2) is 45.4 Å². The van der Waals surface area contributed by atoms with Crippen molar-refractivity contribution >= 4 is 32.6 Å². The third-order valence-electron chi connectivity index (χ3n) is 2.98. The minimum atomic E-state index is 0.763. The first kappa shape index (κ1) is 11.3. The fraction of sp³-hybridized carbons (Fsp3) is 0.0714. The highest BCUT2D eigenvalue weighted by Crippen LogP contribution is 2.31. The molecule has 0 aliphatic carbocycles. The molecule has 3 nitrogen and oxygen atoms in total. The fourth-order valence-corrected chi connectivity index (χ4v) is 2.27. The molecule has 0 unspecified atom stereocenters. The van der Waals surface area contributed by atoms with Crippen molar-refractivity contribution in [3.05, 3.63) is 46.4 Å². The van der Waals surface area contributed by atoms with Crippen LogP contribution in [0.4, 0.5) is 5.69 Å². The molecule has 90 valence electrons. The molecule has 3 aromatic rings. The number of halogens is 1. The van der Waals surface area contributed by atoms with E-state index in [1.54, 1.807) is 0 Å². The number of rotatable bonds is 1. The van der Waals surface area contributed by atoms with Crippen molar-refractivity contribution in [2.24, 2.45) is 0 Å². The summed E-state index contributed by atoms with van der Waals surface area (Å²) in [5.74, 6) is 0. The first-order valence-corrected chi connectivity index (χ1v) is 6.36. The van der Waals surface area contributed by atoms with E-state index in [1.165, 1.54) is 0 Å². The summed E-state index contributed by atoms with van der Waals surface area (Å²) in [7, 11) is 0. The Labute approximate surface area is 113 Å². The second kappa shape index (κ2) is 4.14. The summed E-state index contributed by atoms with van der Waals surface area (Å²) in [5.41, 5.74) is 10.3. The molecule has 1 heterocycles. The molecule has 4 heteroatoms. The second-order valence-corrected chi connectivity index (χ2v) is 5.16. The second-order valence-electron chi connectivity index (χ2n) is 4.24. The summed E-state index contributed by atoms with van der Waals surface area (Å²) in [5, 5.41) is 5.11. The molecular weight excluding hydrogens is 292 g/mol. The largest absolute Gasteiger partial charge is 0.398 e. The predicted molar refractivity (Wildman–Crippen MR) is 76.3 cm³/mol. The van der Waals surface area contributed by atoms with Gasteiger partial charge in [-0.25, -0.2) is 0 Å². The van der Waals surface area contributed by atoms with Crippen LogP contribution in [0.5, 0.6) is 0 Å². The molecule has 0 atom stereocenters. The lowest BCUT2D eigenvalue weighted by atomic mass is 10.1. The number of hydrogen-bond donors (Lipinski definition) is 1. The minimum absolute atomic E-state index is 0.763. The van der Waals surface area contributed by atoms with Crippen molar-refractivity contribution in [2.75, 3.05) is 5.73 Å². The van der Waals surface area contributed by atoms with Gasteiger partial charge in [0, 0.05) is 15.7 Å². The van der Waals surface area contributed by atoms with Gasteiger partial charge in [-0.1, -0.05) is 33.2 Å². The van der Waals surface area contributed by atoms with E-state index in [4.69, 9.17) is 10.3 Å². The Kier molecular flexibility index (Phi) is 2.59.